The van der Waals surface area contributed by atoms with Gasteiger partial charge in [0, 0.05) is 12.8 Å². The fourth-order valence-corrected chi connectivity index (χ4v) is 3.55. The van der Waals surface area contributed by atoms with Crippen LogP contribution in [0.2, 0.25) is 5.02 Å². The molecule has 1 aliphatic heterocycles. The van der Waals surface area contributed by atoms with E-state index in [4.69, 9.17) is 22.1 Å². The SMILES string of the molecule is CS(=O)(=O)c1ccc(Cl)c(C(=O)OCC(=O)N2CCCC[C@@H]2C(N)=O)c1. The second-order valence-electron chi connectivity index (χ2n) is 5.99. The molecule has 2 amide bonds. The van der Waals surface area contributed by atoms with Crippen molar-refractivity contribution in [3.63, 3.8) is 0 Å². The van der Waals surface area contributed by atoms with Crippen LogP contribution in [0, 0.1) is 0 Å². The van der Waals surface area contributed by atoms with Gasteiger partial charge in [0.05, 0.1) is 15.5 Å². The number of piperidine rings is 1. The van der Waals surface area contributed by atoms with Gasteiger partial charge in [-0.25, -0.2) is 13.2 Å². The molecule has 1 saturated heterocycles. The van der Waals surface area contributed by atoms with Gasteiger partial charge >= 0.3 is 5.97 Å². The van der Waals surface area contributed by atoms with Crippen LogP contribution in [-0.2, 0) is 24.2 Å². The molecule has 0 unspecified atom stereocenters. The van der Waals surface area contributed by atoms with Crippen LogP contribution in [0.4, 0.5) is 0 Å². The summed E-state index contributed by atoms with van der Waals surface area (Å²) in [6, 6.07) is 2.92. The van der Waals surface area contributed by atoms with Gasteiger partial charge in [0.2, 0.25) is 5.91 Å². The van der Waals surface area contributed by atoms with Crippen molar-refractivity contribution in [1.29, 1.82) is 0 Å². The lowest BCUT2D eigenvalue weighted by molar-refractivity contribution is -0.143. The lowest BCUT2D eigenvalue weighted by atomic mass is 10.0. The molecule has 8 nitrogen and oxygen atoms in total. The van der Waals surface area contributed by atoms with Crippen LogP contribution < -0.4 is 5.73 Å². The highest BCUT2D eigenvalue weighted by atomic mass is 35.5. The van der Waals surface area contributed by atoms with E-state index in [-0.39, 0.29) is 15.5 Å². The van der Waals surface area contributed by atoms with E-state index in [1.54, 1.807) is 0 Å². The Morgan fingerprint density at radius 2 is 2.00 bits per heavy atom. The van der Waals surface area contributed by atoms with Crippen molar-refractivity contribution in [2.75, 3.05) is 19.4 Å². The van der Waals surface area contributed by atoms with Crippen molar-refractivity contribution < 1.29 is 27.5 Å². The molecule has 1 aromatic carbocycles. The lowest BCUT2D eigenvalue weighted by Gasteiger charge is -2.33. The summed E-state index contributed by atoms with van der Waals surface area (Å²) in [7, 11) is -3.53. The summed E-state index contributed by atoms with van der Waals surface area (Å²) < 4.78 is 28.1. The van der Waals surface area contributed by atoms with E-state index in [1.807, 2.05) is 0 Å². The van der Waals surface area contributed by atoms with Crippen molar-refractivity contribution >= 4 is 39.2 Å². The molecule has 0 spiro atoms. The van der Waals surface area contributed by atoms with Crippen LogP contribution in [0.1, 0.15) is 29.6 Å². The molecule has 1 aromatic rings. The van der Waals surface area contributed by atoms with E-state index in [9.17, 15) is 22.8 Å². The number of hydrogen-bond acceptors (Lipinski definition) is 6. The maximum absolute atomic E-state index is 12.3. The van der Waals surface area contributed by atoms with Crippen molar-refractivity contribution in [3.8, 4) is 0 Å². The monoisotopic (exact) mass is 402 g/mol. The van der Waals surface area contributed by atoms with Gasteiger partial charge in [-0.3, -0.25) is 9.59 Å². The average molecular weight is 403 g/mol. The van der Waals surface area contributed by atoms with Gasteiger partial charge in [-0.1, -0.05) is 11.6 Å². The molecular formula is C16H19ClN2O6S. The van der Waals surface area contributed by atoms with Crippen LogP contribution in [0.5, 0.6) is 0 Å². The maximum Gasteiger partial charge on any atom is 0.340 e. The summed E-state index contributed by atoms with van der Waals surface area (Å²) in [5.41, 5.74) is 5.14. The Balaban J connectivity index is 2.08. The standard InChI is InChI=1S/C16H19ClN2O6S/c1-26(23,24)10-5-6-12(17)11(8-10)16(22)25-9-14(20)19-7-3-2-4-13(19)15(18)21/h5-6,8,13H,2-4,7,9H2,1H3,(H2,18,21)/t13-/m1/s1. The summed E-state index contributed by atoms with van der Waals surface area (Å²) in [6.07, 6.45) is 2.98. The number of sulfone groups is 1. The third kappa shape index (κ3) is 4.73. The normalized spacial score (nSPS) is 17.6. The molecule has 26 heavy (non-hydrogen) atoms. The zero-order chi connectivity index (χ0) is 19.5. The van der Waals surface area contributed by atoms with Crippen molar-refractivity contribution in [2.24, 2.45) is 5.73 Å². The molecule has 142 valence electrons. The molecule has 1 atom stereocenters. The van der Waals surface area contributed by atoms with Gasteiger partial charge < -0.3 is 15.4 Å². The van der Waals surface area contributed by atoms with E-state index in [0.717, 1.165) is 25.2 Å². The first-order chi connectivity index (χ1) is 12.1. The van der Waals surface area contributed by atoms with E-state index >= 15 is 0 Å². The second-order valence-corrected chi connectivity index (χ2v) is 8.41. The maximum atomic E-state index is 12.3. The number of benzene rings is 1. The molecule has 0 aliphatic carbocycles. The summed E-state index contributed by atoms with van der Waals surface area (Å²) in [4.78, 5) is 37.1. The number of esters is 1. The topological polar surface area (TPSA) is 124 Å². The number of halogens is 1. The minimum Gasteiger partial charge on any atom is -0.452 e. The molecule has 1 aliphatic rings. The highest BCUT2D eigenvalue weighted by molar-refractivity contribution is 7.90. The fourth-order valence-electron chi connectivity index (χ4n) is 2.71. The average Bonchev–Trinajstić information content (AvgIpc) is 2.58. The third-order valence-electron chi connectivity index (χ3n) is 4.06. The van der Waals surface area contributed by atoms with Crippen LogP contribution in [0.25, 0.3) is 0 Å². The molecule has 0 radical (unpaired) electrons. The van der Waals surface area contributed by atoms with Crippen LogP contribution in [-0.4, -0.2) is 56.6 Å². The Kier molecular flexibility index (Phi) is 6.25. The zero-order valence-electron chi connectivity index (χ0n) is 14.1. The predicted octanol–water partition coefficient (Wildman–Crippen LogP) is 0.767. The molecule has 0 saturated carbocycles. The molecule has 0 aromatic heterocycles. The Morgan fingerprint density at radius 1 is 1.31 bits per heavy atom. The summed E-state index contributed by atoms with van der Waals surface area (Å²) >= 11 is 5.92. The summed E-state index contributed by atoms with van der Waals surface area (Å²) in [5, 5.41) is 0.00262. The minimum absolute atomic E-state index is 0.00262. The van der Waals surface area contributed by atoms with Crippen molar-refractivity contribution in [1.82, 2.24) is 4.90 Å². The number of ether oxygens (including phenoxy) is 1. The predicted molar refractivity (Wildman–Crippen MR) is 93.4 cm³/mol. The molecule has 2 rings (SSSR count). The number of nitrogens with two attached hydrogens (primary N) is 1. The number of nitrogens with zero attached hydrogens (tertiary/aromatic N) is 1. The van der Waals surface area contributed by atoms with Crippen molar-refractivity contribution in [2.45, 2.75) is 30.2 Å². The van der Waals surface area contributed by atoms with Gasteiger partial charge in [0.1, 0.15) is 6.04 Å². The Bertz CT molecular complexity index is 839. The van der Waals surface area contributed by atoms with Gasteiger partial charge in [-0.15, -0.1) is 0 Å². The van der Waals surface area contributed by atoms with E-state index in [1.165, 1.54) is 17.0 Å². The third-order valence-corrected chi connectivity index (χ3v) is 5.50. The van der Waals surface area contributed by atoms with Crippen LogP contribution in [0.3, 0.4) is 0 Å². The quantitative estimate of drug-likeness (QED) is 0.725. The number of carbonyl (C=O) groups is 3. The van der Waals surface area contributed by atoms with Gasteiger partial charge in [0.25, 0.3) is 5.91 Å². The number of amides is 2. The molecule has 1 heterocycles. The van der Waals surface area contributed by atoms with E-state index < -0.39 is 40.3 Å². The smallest absolute Gasteiger partial charge is 0.340 e. The highest BCUT2D eigenvalue weighted by Gasteiger charge is 2.31. The Hall–Kier alpha value is -2.13. The summed E-state index contributed by atoms with van der Waals surface area (Å²) in [6.45, 7) is -0.240. The molecule has 0 bridgehead atoms. The number of likely N-dealkylation sites (tertiary alicyclic amines) is 1. The van der Waals surface area contributed by atoms with E-state index in [0.29, 0.717) is 13.0 Å². The molecule has 1 fully saturated rings. The number of primary amides is 1. The number of rotatable bonds is 5. The van der Waals surface area contributed by atoms with Gasteiger partial charge in [0.15, 0.2) is 16.4 Å². The molecule has 2 N–H and O–H groups in total. The van der Waals surface area contributed by atoms with E-state index in [2.05, 4.69) is 0 Å². The number of carbonyl (C=O) groups excluding carboxylic acids is 3. The minimum atomic E-state index is -3.53. The first kappa shape index (κ1) is 20.2. The second kappa shape index (κ2) is 8.05. The highest BCUT2D eigenvalue weighted by Crippen LogP contribution is 2.22. The molecular weight excluding hydrogens is 384 g/mol. The van der Waals surface area contributed by atoms with Gasteiger partial charge in [-0.05, 0) is 37.5 Å². The fraction of sp³-hybridized carbons (Fsp3) is 0.438. The first-order valence-electron chi connectivity index (χ1n) is 7.87. The first-order valence-corrected chi connectivity index (χ1v) is 10.1. The number of hydrogen-bond donors (Lipinski definition) is 1. The molecule has 10 heteroatoms. The van der Waals surface area contributed by atoms with Crippen LogP contribution in [0.15, 0.2) is 23.1 Å². The Labute approximate surface area is 156 Å². The van der Waals surface area contributed by atoms with Crippen LogP contribution >= 0.6 is 11.6 Å². The summed E-state index contributed by atoms with van der Waals surface area (Å²) in [5.74, 6) is -2.08. The largest absolute Gasteiger partial charge is 0.452 e. The van der Waals surface area contributed by atoms with Crippen molar-refractivity contribution in [3.05, 3.63) is 28.8 Å². The van der Waals surface area contributed by atoms with Gasteiger partial charge in [-0.2, -0.15) is 0 Å². The zero-order valence-corrected chi connectivity index (χ0v) is 15.7. The lowest BCUT2D eigenvalue weighted by Crippen LogP contribution is -2.51. The Morgan fingerprint density at radius 3 is 2.62 bits per heavy atom.